The van der Waals surface area contributed by atoms with E-state index in [-0.39, 0.29) is 0 Å². The number of ether oxygens (including phenoxy) is 4. The van der Waals surface area contributed by atoms with Crippen molar-refractivity contribution in [2.24, 2.45) is 11.8 Å². The summed E-state index contributed by atoms with van der Waals surface area (Å²) in [6.07, 6.45) is 7.46. The minimum Gasteiger partial charge on any atom is -0.372 e. The maximum absolute atomic E-state index is 5.50. The van der Waals surface area contributed by atoms with Gasteiger partial charge >= 0.3 is 0 Å². The zero-order chi connectivity index (χ0) is 17.3. The average molecular weight is 367 g/mol. The smallest absolute Gasteiger partial charge is 0.0936 e. The van der Waals surface area contributed by atoms with Crippen LogP contribution in [-0.4, -0.2) is 99.9 Å². The standard InChI is InChI=1S/C20H34N2O4/c1-2-4-16(6-22(9-19-13-25-19)10-20-14-26-20)15(3-1)5-21(7-17-11-23-17)8-18-12-24-18/h15-20H,1-14H2. The second-order valence-corrected chi connectivity index (χ2v) is 9.06. The molecular formula is C20H34N2O4. The lowest BCUT2D eigenvalue weighted by Crippen LogP contribution is -2.43. The zero-order valence-corrected chi connectivity index (χ0v) is 15.9. The van der Waals surface area contributed by atoms with Crippen LogP contribution in [-0.2, 0) is 18.9 Å². The quantitative estimate of drug-likeness (QED) is 0.480. The molecule has 4 heterocycles. The average Bonchev–Trinajstić information content (AvgIpc) is 3.40. The Kier molecular flexibility index (Phi) is 5.50. The highest BCUT2D eigenvalue weighted by Crippen LogP contribution is 2.33. The summed E-state index contributed by atoms with van der Waals surface area (Å²) in [6.45, 7) is 10.6. The second kappa shape index (κ2) is 8.02. The molecule has 6 atom stereocenters. The monoisotopic (exact) mass is 366 g/mol. The van der Waals surface area contributed by atoms with Crippen LogP contribution in [0.5, 0.6) is 0 Å². The summed E-state index contributed by atoms with van der Waals surface area (Å²) >= 11 is 0. The van der Waals surface area contributed by atoms with Crippen LogP contribution in [0.1, 0.15) is 25.7 Å². The molecule has 0 spiro atoms. The Morgan fingerprint density at radius 1 is 0.500 bits per heavy atom. The fraction of sp³-hybridized carbons (Fsp3) is 1.00. The van der Waals surface area contributed by atoms with Crippen LogP contribution in [0.3, 0.4) is 0 Å². The van der Waals surface area contributed by atoms with Gasteiger partial charge in [-0.15, -0.1) is 0 Å². The van der Waals surface area contributed by atoms with E-state index in [2.05, 4.69) is 9.80 Å². The van der Waals surface area contributed by atoms with E-state index in [1.54, 1.807) is 0 Å². The Morgan fingerprint density at radius 2 is 0.808 bits per heavy atom. The largest absolute Gasteiger partial charge is 0.372 e. The summed E-state index contributed by atoms with van der Waals surface area (Å²) in [6, 6.07) is 0. The van der Waals surface area contributed by atoms with Crippen molar-refractivity contribution in [1.82, 2.24) is 9.80 Å². The van der Waals surface area contributed by atoms with Gasteiger partial charge in [0.15, 0.2) is 0 Å². The predicted octanol–water partition coefficient (Wildman–Crippen LogP) is 0.992. The molecule has 0 aromatic carbocycles. The topological polar surface area (TPSA) is 56.6 Å². The third-order valence-corrected chi connectivity index (χ3v) is 6.51. The summed E-state index contributed by atoms with van der Waals surface area (Å²) in [4.78, 5) is 5.27. The molecule has 6 heteroatoms. The fourth-order valence-corrected chi connectivity index (χ4v) is 4.72. The molecule has 5 rings (SSSR count). The first-order valence-electron chi connectivity index (χ1n) is 10.7. The highest BCUT2D eigenvalue weighted by atomic mass is 16.6. The molecule has 1 aliphatic carbocycles. The summed E-state index contributed by atoms with van der Waals surface area (Å²) in [7, 11) is 0. The SMILES string of the molecule is C1CCC(CN(CC2CO2)CC2CO2)C(CN(CC2CO2)CC2CO2)C1. The van der Waals surface area contributed by atoms with Gasteiger partial charge in [-0.1, -0.05) is 12.8 Å². The van der Waals surface area contributed by atoms with Crippen LogP contribution in [0.2, 0.25) is 0 Å². The molecule has 0 amide bonds. The summed E-state index contributed by atoms with van der Waals surface area (Å²) in [5.74, 6) is 1.62. The predicted molar refractivity (Wildman–Crippen MR) is 97.3 cm³/mol. The minimum atomic E-state index is 0.478. The molecule has 0 N–H and O–H groups in total. The van der Waals surface area contributed by atoms with Gasteiger partial charge in [-0.2, -0.15) is 0 Å². The molecule has 4 saturated heterocycles. The lowest BCUT2D eigenvalue weighted by atomic mass is 9.78. The molecule has 0 radical (unpaired) electrons. The van der Waals surface area contributed by atoms with Crippen molar-refractivity contribution in [1.29, 1.82) is 0 Å². The van der Waals surface area contributed by atoms with Gasteiger partial charge in [0.05, 0.1) is 50.8 Å². The summed E-state index contributed by atoms with van der Waals surface area (Å²) in [5, 5.41) is 0. The Hall–Kier alpha value is -0.240. The third-order valence-electron chi connectivity index (χ3n) is 6.51. The lowest BCUT2D eigenvalue weighted by Gasteiger charge is -2.38. The van der Waals surface area contributed by atoms with Crippen molar-refractivity contribution in [3.63, 3.8) is 0 Å². The molecule has 0 aromatic rings. The number of hydrogen-bond acceptors (Lipinski definition) is 6. The van der Waals surface area contributed by atoms with Crippen LogP contribution in [0.25, 0.3) is 0 Å². The van der Waals surface area contributed by atoms with Gasteiger partial charge in [0.25, 0.3) is 0 Å². The van der Waals surface area contributed by atoms with Crippen LogP contribution in [0.15, 0.2) is 0 Å². The van der Waals surface area contributed by atoms with Gasteiger partial charge in [0, 0.05) is 39.3 Å². The van der Waals surface area contributed by atoms with Crippen LogP contribution >= 0.6 is 0 Å². The molecule has 148 valence electrons. The molecule has 1 saturated carbocycles. The number of epoxide rings is 4. The van der Waals surface area contributed by atoms with E-state index in [1.165, 1.54) is 38.8 Å². The number of nitrogens with zero attached hydrogens (tertiary/aromatic N) is 2. The van der Waals surface area contributed by atoms with E-state index in [4.69, 9.17) is 18.9 Å². The van der Waals surface area contributed by atoms with Crippen molar-refractivity contribution in [3.8, 4) is 0 Å². The fourth-order valence-electron chi connectivity index (χ4n) is 4.72. The summed E-state index contributed by atoms with van der Waals surface area (Å²) in [5.41, 5.74) is 0. The molecule has 26 heavy (non-hydrogen) atoms. The van der Waals surface area contributed by atoms with Crippen molar-refractivity contribution < 1.29 is 18.9 Å². The van der Waals surface area contributed by atoms with Crippen molar-refractivity contribution in [2.45, 2.75) is 50.1 Å². The highest BCUT2D eigenvalue weighted by molar-refractivity contribution is 4.87. The Labute approximate surface area is 157 Å². The zero-order valence-electron chi connectivity index (χ0n) is 15.9. The second-order valence-electron chi connectivity index (χ2n) is 9.06. The van der Waals surface area contributed by atoms with E-state index in [1.807, 2.05) is 0 Å². The Morgan fingerprint density at radius 3 is 1.08 bits per heavy atom. The molecule has 0 aromatic heterocycles. The number of rotatable bonds is 12. The molecule has 5 fully saturated rings. The van der Waals surface area contributed by atoms with E-state index in [0.717, 1.165) is 64.4 Å². The molecule has 5 aliphatic rings. The normalized spacial score (nSPS) is 40.8. The van der Waals surface area contributed by atoms with Gasteiger partial charge in [0.1, 0.15) is 0 Å². The van der Waals surface area contributed by atoms with Crippen LogP contribution in [0, 0.1) is 11.8 Å². The van der Waals surface area contributed by atoms with Crippen molar-refractivity contribution in [2.75, 3.05) is 65.7 Å². The first kappa shape index (κ1) is 17.8. The highest BCUT2D eigenvalue weighted by Gasteiger charge is 2.36. The first-order chi connectivity index (χ1) is 12.8. The summed E-state index contributed by atoms with van der Waals surface area (Å²) < 4.78 is 22.0. The minimum absolute atomic E-state index is 0.478. The van der Waals surface area contributed by atoms with Crippen LogP contribution in [0.4, 0.5) is 0 Å². The van der Waals surface area contributed by atoms with E-state index in [9.17, 15) is 0 Å². The molecular weight excluding hydrogens is 332 g/mol. The van der Waals surface area contributed by atoms with Gasteiger partial charge in [-0.05, 0) is 24.7 Å². The van der Waals surface area contributed by atoms with Crippen molar-refractivity contribution in [3.05, 3.63) is 0 Å². The molecule has 0 bridgehead atoms. The van der Waals surface area contributed by atoms with Gasteiger partial charge < -0.3 is 18.9 Å². The van der Waals surface area contributed by atoms with Crippen LogP contribution < -0.4 is 0 Å². The van der Waals surface area contributed by atoms with Gasteiger partial charge in [-0.3, -0.25) is 9.80 Å². The third kappa shape index (κ3) is 5.63. The lowest BCUT2D eigenvalue weighted by molar-refractivity contribution is 0.0985. The van der Waals surface area contributed by atoms with E-state index in [0.29, 0.717) is 24.4 Å². The maximum atomic E-state index is 5.50. The number of hydrogen-bond donors (Lipinski definition) is 0. The molecule has 6 unspecified atom stereocenters. The Bertz CT molecular complexity index is 393. The van der Waals surface area contributed by atoms with Gasteiger partial charge in [-0.25, -0.2) is 0 Å². The van der Waals surface area contributed by atoms with Crippen molar-refractivity contribution >= 4 is 0 Å². The first-order valence-corrected chi connectivity index (χ1v) is 10.7. The van der Waals surface area contributed by atoms with E-state index < -0.39 is 0 Å². The molecule has 4 aliphatic heterocycles. The maximum Gasteiger partial charge on any atom is 0.0936 e. The van der Waals surface area contributed by atoms with Gasteiger partial charge in [0.2, 0.25) is 0 Å². The molecule has 6 nitrogen and oxygen atoms in total. The van der Waals surface area contributed by atoms with E-state index >= 15 is 0 Å². The Balaban J connectivity index is 1.17.